The molecule has 0 spiro atoms. The van der Waals surface area contributed by atoms with E-state index < -0.39 is 0 Å². The van der Waals surface area contributed by atoms with Crippen LogP contribution in [-0.2, 0) is 6.54 Å². The Bertz CT molecular complexity index is 312. The number of rotatable bonds is 3. The maximum absolute atomic E-state index is 4.22. The third-order valence-electron chi connectivity index (χ3n) is 3.81. The van der Waals surface area contributed by atoms with Crippen LogP contribution in [0.25, 0.3) is 0 Å². The molecule has 3 atom stereocenters. The monoisotopic (exact) mass is 219 g/mol. The van der Waals surface area contributed by atoms with E-state index in [1.807, 2.05) is 6.07 Å². The van der Waals surface area contributed by atoms with E-state index in [-0.39, 0.29) is 0 Å². The summed E-state index contributed by atoms with van der Waals surface area (Å²) in [5, 5.41) is 3.60. The van der Waals surface area contributed by atoms with Crippen molar-refractivity contribution in [3.05, 3.63) is 24.3 Å². The molecule has 2 rings (SSSR count). The lowest BCUT2D eigenvalue weighted by Gasteiger charge is -2.32. The van der Waals surface area contributed by atoms with Crippen molar-refractivity contribution < 1.29 is 0 Å². The zero-order valence-corrected chi connectivity index (χ0v) is 10.2. The SMILES string of the molecule is CC1CCC(NCc2ccncn2)CC1C. The maximum Gasteiger partial charge on any atom is 0.115 e. The van der Waals surface area contributed by atoms with Crippen LogP contribution in [0, 0.1) is 11.8 Å². The highest BCUT2D eigenvalue weighted by Gasteiger charge is 2.23. The summed E-state index contributed by atoms with van der Waals surface area (Å²) < 4.78 is 0. The van der Waals surface area contributed by atoms with Crippen LogP contribution in [0.15, 0.2) is 18.6 Å². The third-order valence-corrected chi connectivity index (χ3v) is 3.81. The Morgan fingerprint density at radius 3 is 2.88 bits per heavy atom. The third kappa shape index (κ3) is 3.01. The Morgan fingerprint density at radius 2 is 2.19 bits per heavy atom. The van der Waals surface area contributed by atoms with Crippen molar-refractivity contribution in [2.24, 2.45) is 11.8 Å². The van der Waals surface area contributed by atoms with Crippen molar-refractivity contribution in [2.75, 3.05) is 0 Å². The Kier molecular flexibility index (Phi) is 3.88. The predicted molar refractivity (Wildman–Crippen MR) is 64.8 cm³/mol. The minimum absolute atomic E-state index is 0.668. The van der Waals surface area contributed by atoms with Crippen LogP contribution in [0.4, 0.5) is 0 Å². The second-order valence-electron chi connectivity index (χ2n) is 5.05. The molecule has 1 aromatic rings. The van der Waals surface area contributed by atoms with E-state index in [0.29, 0.717) is 6.04 Å². The molecule has 1 N–H and O–H groups in total. The summed E-state index contributed by atoms with van der Waals surface area (Å²) in [6, 6.07) is 2.64. The average molecular weight is 219 g/mol. The first kappa shape index (κ1) is 11.5. The van der Waals surface area contributed by atoms with Crippen molar-refractivity contribution in [3.8, 4) is 0 Å². The summed E-state index contributed by atoms with van der Waals surface area (Å²) in [5.74, 6) is 1.73. The van der Waals surface area contributed by atoms with Gasteiger partial charge in [0, 0.05) is 18.8 Å². The topological polar surface area (TPSA) is 37.8 Å². The fourth-order valence-corrected chi connectivity index (χ4v) is 2.40. The van der Waals surface area contributed by atoms with Crippen LogP contribution in [0.1, 0.15) is 38.8 Å². The molecule has 0 amide bonds. The van der Waals surface area contributed by atoms with Gasteiger partial charge in [-0.3, -0.25) is 0 Å². The van der Waals surface area contributed by atoms with E-state index in [1.165, 1.54) is 19.3 Å². The Balaban J connectivity index is 1.79. The first-order valence-corrected chi connectivity index (χ1v) is 6.24. The van der Waals surface area contributed by atoms with Crippen LogP contribution in [0.2, 0.25) is 0 Å². The second-order valence-corrected chi connectivity index (χ2v) is 5.05. The van der Waals surface area contributed by atoms with Gasteiger partial charge in [-0.1, -0.05) is 13.8 Å². The fraction of sp³-hybridized carbons (Fsp3) is 0.692. The van der Waals surface area contributed by atoms with Crippen molar-refractivity contribution >= 4 is 0 Å². The molecule has 1 fully saturated rings. The van der Waals surface area contributed by atoms with E-state index in [4.69, 9.17) is 0 Å². The van der Waals surface area contributed by atoms with Gasteiger partial charge in [-0.15, -0.1) is 0 Å². The summed E-state index contributed by atoms with van der Waals surface area (Å²) in [6.45, 7) is 5.60. The Labute approximate surface area is 97.7 Å². The summed E-state index contributed by atoms with van der Waals surface area (Å²) in [7, 11) is 0. The highest BCUT2D eigenvalue weighted by molar-refractivity contribution is 4.97. The van der Waals surface area contributed by atoms with Gasteiger partial charge in [-0.25, -0.2) is 9.97 Å². The van der Waals surface area contributed by atoms with Gasteiger partial charge in [0.2, 0.25) is 0 Å². The lowest BCUT2D eigenvalue weighted by atomic mass is 9.79. The van der Waals surface area contributed by atoms with Gasteiger partial charge in [0.25, 0.3) is 0 Å². The van der Waals surface area contributed by atoms with Gasteiger partial charge < -0.3 is 5.32 Å². The van der Waals surface area contributed by atoms with Crippen LogP contribution >= 0.6 is 0 Å². The number of nitrogens with one attached hydrogen (secondary N) is 1. The molecule has 0 radical (unpaired) electrons. The Morgan fingerprint density at radius 1 is 1.31 bits per heavy atom. The van der Waals surface area contributed by atoms with E-state index >= 15 is 0 Å². The molecule has 0 aliphatic heterocycles. The van der Waals surface area contributed by atoms with Gasteiger partial charge in [-0.2, -0.15) is 0 Å². The van der Waals surface area contributed by atoms with Gasteiger partial charge in [0.05, 0.1) is 5.69 Å². The average Bonchev–Trinajstić information content (AvgIpc) is 2.32. The molecule has 88 valence electrons. The highest BCUT2D eigenvalue weighted by Crippen LogP contribution is 2.29. The summed E-state index contributed by atoms with van der Waals surface area (Å²) in [4.78, 5) is 8.15. The van der Waals surface area contributed by atoms with E-state index in [0.717, 1.165) is 24.1 Å². The molecule has 1 aliphatic carbocycles. The molecule has 3 unspecified atom stereocenters. The number of aromatic nitrogens is 2. The van der Waals surface area contributed by atoms with Crippen LogP contribution in [0.3, 0.4) is 0 Å². The van der Waals surface area contributed by atoms with E-state index in [9.17, 15) is 0 Å². The fourth-order valence-electron chi connectivity index (χ4n) is 2.40. The van der Waals surface area contributed by atoms with Gasteiger partial charge in [-0.05, 0) is 37.2 Å². The zero-order valence-electron chi connectivity index (χ0n) is 10.2. The molecule has 1 aliphatic rings. The van der Waals surface area contributed by atoms with Crippen LogP contribution in [-0.4, -0.2) is 16.0 Å². The van der Waals surface area contributed by atoms with E-state index in [2.05, 4.69) is 29.1 Å². The molecule has 1 heterocycles. The van der Waals surface area contributed by atoms with Gasteiger partial charge >= 0.3 is 0 Å². The van der Waals surface area contributed by atoms with Crippen molar-refractivity contribution in [1.29, 1.82) is 0 Å². The number of hydrogen-bond donors (Lipinski definition) is 1. The second kappa shape index (κ2) is 5.39. The first-order chi connectivity index (χ1) is 7.75. The quantitative estimate of drug-likeness (QED) is 0.848. The summed E-state index contributed by atoms with van der Waals surface area (Å²) in [5.41, 5.74) is 1.08. The number of nitrogens with zero attached hydrogens (tertiary/aromatic N) is 2. The predicted octanol–water partition coefficient (Wildman–Crippen LogP) is 2.39. The molecule has 1 aromatic heterocycles. The van der Waals surface area contributed by atoms with Gasteiger partial charge in [0.1, 0.15) is 6.33 Å². The molecule has 1 saturated carbocycles. The van der Waals surface area contributed by atoms with Crippen molar-refractivity contribution in [1.82, 2.24) is 15.3 Å². The standard InChI is InChI=1S/C13H21N3/c1-10-3-4-12(7-11(10)2)15-8-13-5-6-14-9-16-13/h5-6,9-12,15H,3-4,7-8H2,1-2H3. The highest BCUT2D eigenvalue weighted by atomic mass is 14.9. The minimum atomic E-state index is 0.668. The lowest BCUT2D eigenvalue weighted by Crippen LogP contribution is -2.35. The summed E-state index contributed by atoms with van der Waals surface area (Å²) >= 11 is 0. The van der Waals surface area contributed by atoms with Gasteiger partial charge in [0.15, 0.2) is 0 Å². The zero-order chi connectivity index (χ0) is 11.4. The molecule has 16 heavy (non-hydrogen) atoms. The maximum atomic E-state index is 4.22. The van der Waals surface area contributed by atoms with E-state index in [1.54, 1.807) is 12.5 Å². The molecule has 0 bridgehead atoms. The smallest absolute Gasteiger partial charge is 0.115 e. The lowest BCUT2D eigenvalue weighted by molar-refractivity contribution is 0.225. The molecular formula is C13H21N3. The molecule has 0 aromatic carbocycles. The van der Waals surface area contributed by atoms with Crippen molar-refractivity contribution in [2.45, 2.75) is 45.7 Å². The van der Waals surface area contributed by atoms with Crippen LogP contribution in [0.5, 0.6) is 0 Å². The molecule has 0 saturated heterocycles. The number of hydrogen-bond acceptors (Lipinski definition) is 3. The summed E-state index contributed by atoms with van der Waals surface area (Å²) in [6.07, 6.45) is 7.36. The largest absolute Gasteiger partial charge is 0.308 e. The Hall–Kier alpha value is -0.960. The normalized spacial score (nSPS) is 30.2. The van der Waals surface area contributed by atoms with Crippen LogP contribution < -0.4 is 5.32 Å². The molecule has 3 nitrogen and oxygen atoms in total. The molecular weight excluding hydrogens is 198 g/mol. The minimum Gasteiger partial charge on any atom is -0.308 e. The van der Waals surface area contributed by atoms with Crippen molar-refractivity contribution in [3.63, 3.8) is 0 Å². The first-order valence-electron chi connectivity index (χ1n) is 6.24. The molecule has 3 heteroatoms.